The summed E-state index contributed by atoms with van der Waals surface area (Å²) < 4.78 is 5.60. The molecule has 1 aliphatic rings. The number of nitriles is 1. The summed E-state index contributed by atoms with van der Waals surface area (Å²) in [5.41, 5.74) is 16.1. The standard InChI is InChI=1S/C20H15ClN4O/c1-10-2-3-11-7-14(19(21)25-16(11)6-10)18-13-5-4-12(23)8-17(13)26-20(24)15(18)9-22/h2-8,18H,23-24H2,1H3. The Kier molecular flexibility index (Phi) is 3.71. The highest BCUT2D eigenvalue weighted by Gasteiger charge is 2.32. The molecule has 1 aromatic heterocycles. The van der Waals surface area contributed by atoms with Crippen LogP contribution in [0.2, 0.25) is 5.15 Å². The van der Waals surface area contributed by atoms with Gasteiger partial charge in [0.15, 0.2) is 0 Å². The normalized spacial score (nSPS) is 16.1. The number of nitrogen functional groups attached to an aromatic ring is 1. The van der Waals surface area contributed by atoms with Crippen LogP contribution in [0.4, 0.5) is 5.69 Å². The molecular weight excluding hydrogens is 348 g/mol. The molecule has 4 rings (SSSR count). The summed E-state index contributed by atoms with van der Waals surface area (Å²) in [7, 11) is 0. The second kappa shape index (κ2) is 5.94. The molecule has 2 aromatic carbocycles. The smallest absolute Gasteiger partial charge is 0.205 e. The summed E-state index contributed by atoms with van der Waals surface area (Å²) in [4.78, 5) is 4.52. The van der Waals surface area contributed by atoms with E-state index in [1.807, 2.05) is 37.3 Å². The highest BCUT2D eigenvalue weighted by Crippen LogP contribution is 2.44. The van der Waals surface area contributed by atoms with Crippen LogP contribution < -0.4 is 16.2 Å². The molecule has 128 valence electrons. The molecule has 0 radical (unpaired) electrons. The van der Waals surface area contributed by atoms with E-state index >= 15 is 0 Å². The van der Waals surface area contributed by atoms with E-state index in [9.17, 15) is 5.26 Å². The first kappa shape index (κ1) is 16.2. The fourth-order valence-corrected chi connectivity index (χ4v) is 3.52. The third-order valence-electron chi connectivity index (χ3n) is 4.51. The van der Waals surface area contributed by atoms with Crippen molar-refractivity contribution in [3.8, 4) is 11.8 Å². The van der Waals surface area contributed by atoms with E-state index in [0.717, 1.165) is 22.0 Å². The van der Waals surface area contributed by atoms with Crippen molar-refractivity contribution >= 4 is 28.2 Å². The number of ether oxygens (including phenoxy) is 1. The zero-order chi connectivity index (χ0) is 18.4. The minimum atomic E-state index is -0.463. The van der Waals surface area contributed by atoms with Crippen molar-refractivity contribution in [2.24, 2.45) is 5.73 Å². The van der Waals surface area contributed by atoms with Crippen LogP contribution in [-0.2, 0) is 0 Å². The highest BCUT2D eigenvalue weighted by molar-refractivity contribution is 6.30. The van der Waals surface area contributed by atoms with Crippen LogP contribution in [0.25, 0.3) is 10.9 Å². The van der Waals surface area contributed by atoms with Gasteiger partial charge in [0.1, 0.15) is 22.5 Å². The summed E-state index contributed by atoms with van der Waals surface area (Å²) in [5.74, 6) is 0.109. The molecule has 0 saturated heterocycles. The van der Waals surface area contributed by atoms with Crippen molar-refractivity contribution in [1.82, 2.24) is 4.98 Å². The van der Waals surface area contributed by atoms with Crippen molar-refractivity contribution in [1.29, 1.82) is 5.26 Å². The van der Waals surface area contributed by atoms with Gasteiger partial charge in [0, 0.05) is 28.3 Å². The molecule has 5 nitrogen and oxygen atoms in total. The van der Waals surface area contributed by atoms with Gasteiger partial charge in [-0.05, 0) is 30.7 Å². The van der Waals surface area contributed by atoms with E-state index in [1.54, 1.807) is 12.1 Å². The first-order valence-corrected chi connectivity index (χ1v) is 8.39. The number of aromatic nitrogens is 1. The SMILES string of the molecule is Cc1ccc2cc(C3C(C#N)=C(N)Oc4cc(N)ccc43)c(Cl)nc2c1. The molecule has 0 bridgehead atoms. The number of allylic oxidation sites excluding steroid dienone is 1. The van der Waals surface area contributed by atoms with Gasteiger partial charge in [-0.2, -0.15) is 5.26 Å². The van der Waals surface area contributed by atoms with E-state index in [0.29, 0.717) is 27.7 Å². The molecule has 3 aromatic rings. The zero-order valence-electron chi connectivity index (χ0n) is 14.0. The average molecular weight is 363 g/mol. The minimum Gasteiger partial charge on any atom is -0.440 e. The van der Waals surface area contributed by atoms with Crippen molar-refractivity contribution < 1.29 is 4.74 Å². The van der Waals surface area contributed by atoms with Gasteiger partial charge in [-0.25, -0.2) is 4.98 Å². The Balaban J connectivity index is 1.99. The number of halogens is 1. The monoisotopic (exact) mass is 362 g/mol. The van der Waals surface area contributed by atoms with Gasteiger partial charge in [-0.3, -0.25) is 0 Å². The van der Waals surface area contributed by atoms with Crippen molar-refractivity contribution in [3.05, 3.63) is 75.8 Å². The zero-order valence-corrected chi connectivity index (χ0v) is 14.7. The minimum absolute atomic E-state index is 0.0515. The Labute approximate surface area is 155 Å². The lowest BCUT2D eigenvalue weighted by molar-refractivity contribution is 0.394. The molecule has 0 fully saturated rings. The lowest BCUT2D eigenvalue weighted by Gasteiger charge is -2.27. The molecule has 1 atom stereocenters. The fraction of sp³-hybridized carbons (Fsp3) is 0.100. The van der Waals surface area contributed by atoms with Crippen molar-refractivity contribution in [2.75, 3.05) is 5.73 Å². The maximum absolute atomic E-state index is 9.66. The van der Waals surface area contributed by atoms with Crippen LogP contribution in [0, 0.1) is 18.3 Å². The number of anilines is 1. The van der Waals surface area contributed by atoms with Crippen LogP contribution in [0.5, 0.6) is 5.75 Å². The molecule has 0 aliphatic carbocycles. The average Bonchev–Trinajstić information content (AvgIpc) is 2.60. The largest absolute Gasteiger partial charge is 0.440 e. The van der Waals surface area contributed by atoms with E-state index in [2.05, 4.69) is 11.1 Å². The quantitative estimate of drug-likeness (QED) is 0.503. The van der Waals surface area contributed by atoms with E-state index in [4.69, 9.17) is 27.8 Å². The maximum Gasteiger partial charge on any atom is 0.205 e. The molecule has 6 heteroatoms. The Morgan fingerprint density at radius 3 is 2.69 bits per heavy atom. The Morgan fingerprint density at radius 2 is 1.92 bits per heavy atom. The van der Waals surface area contributed by atoms with Gasteiger partial charge in [0.2, 0.25) is 5.88 Å². The third kappa shape index (κ3) is 2.52. The fourth-order valence-electron chi connectivity index (χ4n) is 3.26. The number of nitrogens with zero attached hydrogens (tertiary/aromatic N) is 2. The Morgan fingerprint density at radius 1 is 1.12 bits per heavy atom. The van der Waals surface area contributed by atoms with E-state index in [-0.39, 0.29) is 5.88 Å². The molecule has 4 N–H and O–H groups in total. The first-order chi connectivity index (χ1) is 12.5. The second-order valence-corrected chi connectivity index (χ2v) is 6.64. The number of aryl methyl sites for hydroxylation is 1. The van der Waals surface area contributed by atoms with Crippen molar-refractivity contribution in [3.63, 3.8) is 0 Å². The lowest BCUT2D eigenvalue weighted by Crippen LogP contribution is -2.21. The summed E-state index contributed by atoms with van der Waals surface area (Å²) in [6.07, 6.45) is 0. The Hall–Kier alpha value is -3.23. The number of nitrogens with two attached hydrogens (primary N) is 2. The number of rotatable bonds is 1. The number of fused-ring (bicyclic) bond motifs is 2. The molecule has 0 amide bonds. The van der Waals surface area contributed by atoms with Gasteiger partial charge in [-0.15, -0.1) is 0 Å². The number of hydrogen-bond donors (Lipinski definition) is 2. The molecule has 0 saturated carbocycles. The highest BCUT2D eigenvalue weighted by atomic mass is 35.5. The van der Waals surface area contributed by atoms with Crippen LogP contribution in [-0.4, -0.2) is 4.98 Å². The predicted octanol–water partition coefficient (Wildman–Crippen LogP) is 4.00. The topological polar surface area (TPSA) is 98.0 Å². The lowest BCUT2D eigenvalue weighted by atomic mass is 9.83. The molecule has 0 spiro atoms. The van der Waals surface area contributed by atoms with Gasteiger partial charge in [0.25, 0.3) is 0 Å². The first-order valence-electron chi connectivity index (χ1n) is 8.01. The van der Waals surface area contributed by atoms with E-state index < -0.39 is 5.92 Å². The second-order valence-electron chi connectivity index (χ2n) is 6.29. The van der Waals surface area contributed by atoms with Crippen LogP contribution in [0.15, 0.2) is 53.9 Å². The molecular formula is C20H15ClN4O. The Bertz CT molecular complexity index is 1130. The summed E-state index contributed by atoms with van der Waals surface area (Å²) in [6.45, 7) is 2.00. The predicted molar refractivity (Wildman–Crippen MR) is 102 cm³/mol. The molecule has 1 aliphatic heterocycles. The summed E-state index contributed by atoms with van der Waals surface area (Å²) in [5, 5.41) is 10.9. The molecule has 2 heterocycles. The van der Waals surface area contributed by atoms with Gasteiger partial charge in [-0.1, -0.05) is 29.8 Å². The maximum atomic E-state index is 9.66. The van der Waals surface area contributed by atoms with Crippen molar-refractivity contribution in [2.45, 2.75) is 12.8 Å². The number of benzene rings is 2. The summed E-state index contributed by atoms with van der Waals surface area (Å²) in [6, 6.07) is 15.3. The van der Waals surface area contributed by atoms with Gasteiger partial charge in [0.05, 0.1) is 11.4 Å². The molecule has 26 heavy (non-hydrogen) atoms. The molecule has 1 unspecified atom stereocenters. The number of pyridine rings is 1. The van der Waals surface area contributed by atoms with E-state index in [1.165, 1.54) is 0 Å². The third-order valence-corrected chi connectivity index (χ3v) is 4.81. The number of hydrogen-bond acceptors (Lipinski definition) is 5. The van der Waals surface area contributed by atoms with Gasteiger partial charge < -0.3 is 16.2 Å². The summed E-state index contributed by atoms with van der Waals surface area (Å²) >= 11 is 6.51. The van der Waals surface area contributed by atoms with Crippen LogP contribution in [0.3, 0.4) is 0 Å². The van der Waals surface area contributed by atoms with Crippen LogP contribution in [0.1, 0.15) is 22.6 Å². The van der Waals surface area contributed by atoms with Crippen LogP contribution >= 0.6 is 11.6 Å². The van der Waals surface area contributed by atoms with Gasteiger partial charge >= 0.3 is 0 Å².